The number of carbonyl (C=O) groups is 1. The average Bonchev–Trinajstić information content (AvgIpc) is 2.38. The van der Waals surface area contributed by atoms with Gasteiger partial charge in [-0.15, -0.1) is 11.6 Å². The van der Waals surface area contributed by atoms with E-state index < -0.39 is 6.10 Å². The summed E-state index contributed by atoms with van der Waals surface area (Å²) < 4.78 is 5.63. The van der Waals surface area contributed by atoms with Crippen molar-refractivity contribution < 1.29 is 9.53 Å². The highest BCUT2D eigenvalue weighted by molar-refractivity contribution is 6.30. The van der Waals surface area contributed by atoms with E-state index in [1.807, 2.05) is 0 Å². The molecule has 0 aromatic heterocycles. The van der Waals surface area contributed by atoms with Gasteiger partial charge in [0.05, 0.1) is 5.38 Å². The Morgan fingerprint density at radius 3 is 3.00 bits per heavy atom. The van der Waals surface area contributed by atoms with Crippen LogP contribution in [0.15, 0.2) is 24.3 Å². The van der Waals surface area contributed by atoms with Crippen LogP contribution in [0.3, 0.4) is 0 Å². The number of rotatable bonds is 3. The zero-order valence-corrected chi connectivity index (χ0v) is 12.3. The van der Waals surface area contributed by atoms with Crippen molar-refractivity contribution in [3.8, 4) is 5.75 Å². The molecule has 1 aromatic rings. The van der Waals surface area contributed by atoms with Crippen molar-refractivity contribution in [1.82, 2.24) is 4.90 Å². The number of hydrogen-bond acceptors (Lipinski definition) is 2. The second-order valence-corrected chi connectivity index (χ2v) is 5.79. The Bertz CT molecular complexity index is 453. The topological polar surface area (TPSA) is 29.5 Å². The SMILES string of the molecule is CC(Oc1cccc(Cl)c1)C(=O)N1CCCC(Cl)C1. The lowest BCUT2D eigenvalue weighted by Crippen LogP contribution is -2.46. The zero-order valence-electron chi connectivity index (χ0n) is 10.8. The number of benzene rings is 1. The van der Waals surface area contributed by atoms with Crippen molar-refractivity contribution in [3.63, 3.8) is 0 Å². The highest BCUT2D eigenvalue weighted by atomic mass is 35.5. The first-order chi connectivity index (χ1) is 9.06. The normalized spacial score (nSPS) is 21.0. The lowest BCUT2D eigenvalue weighted by atomic mass is 10.1. The molecule has 2 atom stereocenters. The first-order valence-corrected chi connectivity index (χ1v) is 7.23. The van der Waals surface area contributed by atoms with Gasteiger partial charge in [0.25, 0.3) is 5.91 Å². The van der Waals surface area contributed by atoms with E-state index in [0.717, 1.165) is 19.4 Å². The standard InChI is InChI=1S/C14H17Cl2NO2/c1-10(19-13-6-2-4-11(15)8-13)14(18)17-7-3-5-12(16)9-17/h2,4,6,8,10,12H,3,5,7,9H2,1H3. The molecular weight excluding hydrogens is 285 g/mol. The van der Waals surface area contributed by atoms with Crippen molar-refractivity contribution in [2.45, 2.75) is 31.2 Å². The molecular formula is C14H17Cl2NO2. The van der Waals surface area contributed by atoms with E-state index in [-0.39, 0.29) is 11.3 Å². The molecule has 2 unspecified atom stereocenters. The molecule has 0 radical (unpaired) electrons. The molecule has 1 amide bonds. The second-order valence-electron chi connectivity index (χ2n) is 4.74. The van der Waals surface area contributed by atoms with Crippen molar-refractivity contribution >= 4 is 29.1 Å². The number of piperidine rings is 1. The van der Waals surface area contributed by atoms with Gasteiger partial charge in [0.15, 0.2) is 6.10 Å². The van der Waals surface area contributed by atoms with Gasteiger partial charge in [-0.1, -0.05) is 17.7 Å². The molecule has 1 heterocycles. The van der Waals surface area contributed by atoms with Gasteiger partial charge in [-0.05, 0) is 38.0 Å². The molecule has 1 aromatic carbocycles. The Kier molecular flexibility index (Phi) is 4.94. The fourth-order valence-corrected chi connectivity index (χ4v) is 2.68. The molecule has 0 bridgehead atoms. The Hall–Kier alpha value is -0.930. The summed E-state index contributed by atoms with van der Waals surface area (Å²) in [6, 6.07) is 7.05. The van der Waals surface area contributed by atoms with Crippen molar-refractivity contribution in [1.29, 1.82) is 0 Å². The Labute approximate surface area is 123 Å². The van der Waals surface area contributed by atoms with Crippen LogP contribution >= 0.6 is 23.2 Å². The predicted molar refractivity (Wildman–Crippen MR) is 77.0 cm³/mol. The number of halogens is 2. The molecule has 1 fully saturated rings. The van der Waals surface area contributed by atoms with Crippen LogP contribution in [0.25, 0.3) is 0 Å². The summed E-state index contributed by atoms with van der Waals surface area (Å²) in [5.41, 5.74) is 0. The molecule has 1 aliphatic rings. The summed E-state index contributed by atoms with van der Waals surface area (Å²) >= 11 is 12.0. The molecule has 2 rings (SSSR count). The molecule has 3 nitrogen and oxygen atoms in total. The third-order valence-electron chi connectivity index (χ3n) is 3.13. The van der Waals surface area contributed by atoms with Crippen LogP contribution in [0.5, 0.6) is 5.75 Å². The van der Waals surface area contributed by atoms with E-state index in [2.05, 4.69) is 0 Å². The van der Waals surface area contributed by atoms with Crippen LogP contribution in [-0.2, 0) is 4.79 Å². The molecule has 1 saturated heterocycles. The van der Waals surface area contributed by atoms with Gasteiger partial charge in [-0.3, -0.25) is 4.79 Å². The maximum atomic E-state index is 12.2. The minimum absolute atomic E-state index is 0.0228. The van der Waals surface area contributed by atoms with Crippen molar-refractivity contribution in [3.05, 3.63) is 29.3 Å². The lowest BCUT2D eigenvalue weighted by Gasteiger charge is -2.31. The number of likely N-dealkylation sites (tertiary alicyclic amines) is 1. The first-order valence-electron chi connectivity index (χ1n) is 6.41. The number of nitrogens with zero attached hydrogens (tertiary/aromatic N) is 1. The highest BCUT2D eigenvalue weighted by Crippen LogP contribution is 2.20. The van der Waals surface area contributed by atoms with Gasteiger partial charge < -0.3 is 9.64 Å². The molecule has 0 saturated carbocycles. The van der Waals surface area contributed by atoms with Crippen LogP contribution in [0.2, 0.25) is 5.02 Å². The van der Waals surface area contributed by atoms with Crippen LogP contribution < -0.4 is 4.74 Å². The molecule has 0 N–H and O–H groups in total. The zero-order chi connectivity index (χ0) is 13.8. The fourth-order valence-electron chi connectivity index (χ4n) is 2.18. The van der Waals surface area contributed by atoms with Gasteiger partial charge in [0.1, 0.15) is 5.75 Å². The number of ether oxygens (including phenoxy) is 1. The highest BCUT2D eigenvalue weighted by Gasteiger charge is 2.26. The second kappa shape index (κ2) is 6.49. The van der Waals surface area contributed by atoms with E-state index in [1.54, 1.807) is 36.1 Å². The van der Waals surface area contributed by atoms with Crippen LogP contribution in [0.4, 0.5) is 0 Å². The Morgan fingerprint density at radius 2 is 2.32 bits per heavy atom. The van der Waals surface area contributed by atoms with Crippen LogP contribution in [-0.4, -0.2) is 35.4 Å². The number of amides is 1. The van der Waals surface area contributed by atoms with Gasteiger partial charge in [-0.25, -0.2) is 0 Å². The molecule has 1 aliphatic heterocycles. The van der Waals surface area contributed by atoms with Crippen LogP contribution in [0, 0.1) is 0 Å². The molecule has 0 aliphatic carbocycles. The largest absolute Gasteiger partial charge is 0.481 e. The molecule has 19 heavy (non-hydrogen) atoms. The maximum Gasteiger partial charge on any atom is 0.263 e. The Balaban J connectivity index is 1.95. The average molecular weight is 302 g/mol. The van der Waals surface area contributed by atoms with Crippen molar-refractivity contribution in [2.24, 2.45) is 0 Å². The number of carbonyl (C=O) groups excluding carboxylic acids is 1. The monoisotopic (exact) mass is 301 g/mol. The smallest absolute Gasteiger partial charge is 0.263 e. The summed E-state index contributed by atoms with van der Waals surface area (Å²) in [7, 11) is 0. The Morgan fingerprint density at radius 1 is 1.53 bits per heavy atom. The summed E-state index contributed by atoms with van der Waals surface area (Å²) in [6.07, 6.45) is 1.39. The summed E-state index contributed by atoms with van der Waals surface area (Å²) in [4.78, 5) is 14.0. The molecule has 0 spiro atoms. The minimum Gasteiger partial charge on any atom is -0.481 e. The van der Waals surface area contributed by atoms with Gasteiger partial charge in [0.2, 0.25) is 0 Å². The lowest BCUT2D eigenvalue weighted by molar-refractivity contribution is -0.138. The third-order valence-corrected chi connectivity index (χ3v) is 3.72. The van der Waals surface area contributed by atoms with Gasteiger partial charge in [-0.2, -0.15) is 0 Å². The first kappa shape index (κ1) is 14.5. The van der Waals surface area contributed by atoms with E-state index in [0.29, 0.717) is 17.3 Å². The molecule has 5 heteroatoms. The minimum atomic E-state index is -0.527. The van der Waals surface area contributed by atoms with Gasteiger partial charge in [0, 0.05) is 18.1 Å². The quantitative estimate of drug-likeness (QED) is 0.802. The fraction of sp³-hybridized carbons (Fsp3) is 0.500. The summed E-state index contributed by atoms with van der Waals surface area (Å²) in [5.74, 6) is 0.582. The maximum absolute atomic E-state index is 12.2. The van der Waals surface area contributed by atoms with E-state index >= 15 is 0 Å². The van der Waals surface area contributed by atoms with E-state index in [4.69, 9.17) is 27.9 Å². The predicted octanol–water partition coefficient (Wildman–Crippen LogP) is 3.34. The van der Waals surface area contributed by atoms with Crippen molar-refractivity contribution in [2.75, 3.05) is 13.1 Å². The van der Waals surface area contributed by atoms with E-state index in [9.17, 15) is 4.79 Å². The van der Waals surface area contributed by atoms with Gasteiger partial charge >= 0.3 is 0 Å². The van der Waals surface area contributed by atoms with Crippen LogP contribution in [0.1, 0.15) is 19.8 Å². The number of hydrogen-bond donors (Lipinski definition) is 0. The summed E-state index contributed by atoms with van der Waals surface area (Å²) in [5, 5.41) is 0.645. The third kappa shape index (κ3) is 4.02. The van der Waals surface area contributed by atoms with E-state index in [1.165, 1.54) is 0 Å². The summed E-state index contributed by atoms with van der Waals surface area (Å²) in [6.45, 7) is 3.11. The number of alkyl halides is 1. The molecule has 104 valence electrons.